The molecule has 4 rings (SSSR count). The Balaban J connectivity index is 1.65. The molecule has 1 aliphatic heterocycles. The molecule has 0 bridgehead atoms. The number of halogens is 1. The second-order valence-corrected chi connectivity index (χ2v) is 8.71. The van der Waals surface area contributed by atoms with Crippen molar-refractivity contribution in [2.45, 2.75) is 25.5 Å². The zero-order chi connectivity index (χ0) is 24.9. The van der Waals surface area contributed by atoms with E-state index >= 15 is 0 Å². The van der Waals surface area contributed by atoms with E-state index in [0.29, 0.717) is 17.8 Å². The van der Waals surface area contributed by atoms with Gasteiger partial charge in [0.25, 0.3) is 5.56 Å². The molecule has 2 aliphatic rings. The van der Waals surface area contributed by atoms with Crippen LogP contribution in [0, 0.1) is 5.92 Å². The molecule has 1 aromatic heterocycles. The SMILES string of the molecule is COc1cc(OC)c2c(c1Cl)OC1(C(=O)C=C(NCc3cc(=O)n(C)c(=O)n3C)CC1C)C2=O. The predicted molar refractivity (Wildman–Crippen MR) is 123 cm³/mol. The molecule has 2 heterocycles. The largest absolute Gasteiger partial charge is 0.496 e. The van der Waals surface area contributed by atoms with Crippen molar-refractivity contribution in [1.29, 1.82) is 0 Å². The van der Waals surface area contributed by atoms with Gasteiger partial charge >= 0.3 is 5.69 Å². The highest BCUT2D eigenvalue weighted by Gasteiger charge is 2.60. The summed E-state index contributed by atoms with van der Waals surface area (Å²) in [5, 5.41) is 3.19. The van der Waals surface area contributed by atoms with Crippen LogP contribution in [-0.4, -0.2) is 40.5 Å². The highest BCUT2D eigenvalue weighted by Crippen LogP contribution is 2.52. The Morgan fingerprint density at radius 2 is 1.79 bits per heavy atom. The number of nitrogens with zero attached hydrogens (tertiary/aromatic N) is 2. The minimum Gasteiger partial charge on any atom is -0.496 e. The van der Waals surface area contributed by atoms with E-state index in [1.165, 1.54) is 44.0 Å². The molecule has 11 heteroatoms. The molecule has 2 unspecified atom stereocenters. The van der Waals surface area contributed by atoms with Crippen molar-refractivity contribution in [2.24, 2.45) is 20.0 Å². The number of hydrogen-bond donors (Lipinski definition) is 1. The van der Waals surface area contributed by atoms with Gasteiger partial charge in [-0.1, -0.05) is 18.5 Å². The molecule has 0 saturated carbocycles. The van der Waals surface area contributed by atoms with Crippen LogP contribution in [0.25, 0.3) is 0 Å². The van der Waals surface area contributed by atoms with Gasteiger partial charge in [-0.2, -0.15) is 0 Å². The molecule has 1 aromatic carbocycles. The van der Waals surface area contributed by atoms with E-state index in [4.69, 9.17) is 25.8 Å². The number of allylic oxidation sites excluding steroid dienone is 1. The van der Waals surface area contributed by atoms with E-state index in [2.05, 4.69) is 5.32 Å². The fraction of sp³-hybridized carbons (Fsp3) is 0.391. The molecule has 0 saturated heterocycles. The van der Waals surface area contributed by atoms with E-state index in [1.807, 2.05) is 0 Å². The molecule has 10 nitrogen and oxygen atoms in total. The maximum absolute atomic E-state index is 13.5. The number of carbonyl (C=O) groups is 2. The van der Waals surface area contributed by atoms with E-state index in [0.717, 1.165) is 4.57 Å². The smallest absolute Gasteiger partial charge is 0.330 e. The number of hydrogen-bond acceptors (Lipinski definition) is 8. The maximum atomic E-state index is 13.5. The maximum Gasteiger partial charge on any atom is 0.330 e. The summed E-state index contributed by atoms with van der Waals surface area (Å²) in [6.45, 7) is 1.88. The number of rotatable bonds is 5. The topological polar surface area (TPSA) is 118 Å². The van der Waals surface area contributed by atoms with Crippen LogP contribution in [0.5, 0.6) is 17.2 Å². The number of carbonyl (C=O) groups excluding carboxylic acids is 2. The van der Waals surface area contributed by atoms with Crippen LogP contribution in [0.2, 0.25) is 5.02 Å². The lowest BCUT2D eigenvalue weighted by molar-refractivity contribution is -0.129. The van der Waals surface area contributed by atoms with E-state index in [1.54, 1.807) is 14.0 Å². The van der Waals surface area contributed by atoms with Gasteiger partial charge < -0.3 is 19.5 Å². The van der Waals surface area contributed by atoms with Gasteiger partial charge in [-0.25, -0.2) is 4.79 Å². The minimum atomic E-state index is -1.77. The molecule has 2 atom stereocenters. The normalized spacial score (nSPS) is 21.2. The van der Waals surface area contributed by atoms with Crippen molar-refractivity contribution in [3.8, 4) is 17.2 Å². The molecular weight excluding hydrogens is 466 g/mol. The third kappa shape index (κ3) is 3.32. The van der Waals surface area contributed by atoms with Crippen LogP contribution < -0.4 is 30.8 Å². The summed E-state index contributed by atoms with van der Waals surface area (Å²) in [6, 6.07) is 2.84. The monoisotopic (exact) mass is 489 g/mol. The average molecular weight is 490 g/mol. The first-order chi connectivity index (χ1) is 16.1. The predicted octanol–water partition coefficient (Wildman–Crippen LogP) is 1.35. The van der Waals surface area contributed by atoms with E-state index in [-0.39, 0.29) is 34.4 Å². The molecule has 2 aromatic rings. The molecule has 1 spiro atoms. The molecule has 180 valence electrons. The fourth-order valence-electron chi connectivity index (χ4n) is 4.40. The number of Topliss-reactive ketones (excluding diaryl/α,β-unsaturated/α-hetero) is 1. The van der Waals surface area contributed by atoms with Gasteiger partial charge in [-0.3, -0.25) is 23.5 Å². The zero-order valence-corrected chi connectivity index (χ0v) is 20.1. The number of fused-ring (bicyclic) bond motifs is 1. The van der Waals surface area contributed by atoms with Crippen LogP contribution in [0.3, 0.4) is 0 Å². The van der Waals surface area contributed by atoms with Crippen molar-refractivity contribution in [3.05, 3.63) is 61.0 Å². The number of ketones is 2. The standard InChI is InChI=1S/C23H24ClN3O7/c1-11-6-12(25-10-13-8-17(29)27(3)22(31)26(13)2)7-16(28)23(11)21(30)18-14(32-4)9-15(33-5)19(24)20(18)34-23/h7-9,11,25H,6,10H2,1-5H3. The summed E-state index contributed by atoms with van der Waals surface area (Å²) in [5.41, 5.74) is -1.53. The Bertz CT molecular complexity index is 1370. The lowest BCUT2D eigenvalue weighted by atomic mass is 9.74. The van der Waals surface area contributed by atoms with Crippen molar-refractivity contribution >= 4 is 23.2 Å². The highest BCUT2D eigenvalue weighted by atomic mass is 35.5. The Morgan fingerprint density at radius 1 is 1.12 bits per heavy atom. The number of methoxy groups -OCH3 is 2. The first kappa shape index (κ1) is 23.6. The van der Waals surface area contributed by atoms with Crippen molar-refractivity contribution < 1.29 is 23.8 Å². The Kier molecular flexibility index (Phi) is 5.80. The summed E-state index contributed by atoms with van der Waals surface area (Å²) in [6.07, 6.45) is 1.63. The molecule has 1 aliphatic carbocycles. The molecule has 0 radical (unpaired) electrons. The van der Waals surface area contributed by atoms with Crippen molar-refractivity contribution in [1.82, 2.24) is 14.5 Å². The van der Waals surface area contributed by atoms with Gasteiger partial charge in [0, 0.05) is 49.6 Å². The zero-order valence-electron chi connectivity index (χ0n) is 19.4. The second kappa shape index (κ2) is 8.35. The summed E-state index contributed by atoms with van der Waals surface area (Å²) in [4.78, 5) is 51.0. The van der Waals surface area contributed by atoms with Crippen LogP contribution in [0.15, 0.2) is 33.5 Å². The van der Waals surface area contributed by atoms with Gasteiger partial charge in [0.1, 0.15) is 22.1 Å². The molecule has 34 heavy (non-hydrogen) atoms. The molecule has 0 amide bonds. The summed E-state index contributed by atoms with van der Waals surface area (Å²) < 4.78 is 19.0. The van der Waals surface area contributed by atoms with Gasteiger partial charge in [0.2, 0.25) is 17.2 Å². The van der Waals surface area contributed by atoms with E-state index in [9.17, 15) is 19.2 Å². The number of nitrogens with one attached hydrogen (secondary N) is 1. The van der Waals surface area contributed by atoms with Gasteiger partial charge in [0.15, 0.2) is 5.75 Å². The van der Waals surface area contributed by atoms with Crippen LogP contribution in [0.1, 0.15) is 29.4 Å². The Hall–Kier alpha value is -3.53. The van der Waals surface area contributed by atoms with Crippen LogP contribution >= 0.6 is 11.6 Å². The lowest BCUT2D eigenvalue weighted by Gasteiger charge is -2.35. The lowest BCUT2D eigenvalue weighted by Crippen LogP contribution is -2.55. The summed E-state index contributed by atoms with van der Waals surface area (Å²) in [5.74, 6) is -1.08. The second-order valence-electron chi connectivity index (χ2n) is 8.33. The van der Waals surface area contributed by atoms with Gasteiger partial charge in [-0.05, 0) is 6.42 Å². The first-order valence-corrected chi connectivity index (χ1v) is 10.9. The number of benzene rings is 1. The molecule has 1 N–H and O–H groups in total. The van der Waals surface area contributed by atoms with Crippen molar-refractivity contribution in [2.75, 3.05) is 14.2 Å². The third-order valence-corrected chi connectivity index (χ3v) is 6.79. The van der Waals surface area contributed by atoms with E-state index < -0.39 is 34.3 Å². The van der Waals surface area contributed by atoms with Crippen LogP contribution in [-0.2, 0) is 25.4 Å². The van der Waals surface area contributed by atoms with Crippen molar-refractivity contribution in [3.63, 3.8) is 0 Å². The molecular formula is C23H24ClN3O7. The molecule has 0 fully saturated rings. The number of aromatic nitrogens is 2. The average Bonchev–Trinajstić information content (AvgIpc) is 3.13. The fourth-order valence-corrected chi connectivity index (χ4v) is 4.67. The third-order valence-electron chi connectivity index (χ3n) is 6.43. The number of ether oxygens (including phenoxy) is 3. The van der Waals surface area contributed by atoms with Gasteiger partial charge in [0.05, 0.1) is 20.8 Å². The minimum absolute atomic E-state index is 0.0583. The van der Waals surface area contributed by atoms with Crippen LogP contribution in [0.4, 0.5) is 0 Å². The quantitative estimate of drug-likeness (QED) is 0.625. The first-order valence-electron chi connectivity index (χ1n) is 10.5. The summed E-state index contributed by atoms with van der Waals surface area (Å²) in [7, 11) is 5.79. The van der Waals surface area contributed by atoms with Gasteiger partial charge in [-0.15, -0.1) is 0 Å². The highest BCUT2D eigenvalue weighted by molar-refractivity contribution is 6.36. The Morgan fingerprint density at radius 3 is 2.41 bits per heavy atom. The Labute approximate surface area is 199 Å². The summed E-state index contributed by atoms with van der Waals surface area (Å²) >= 11 is 6.39.